The van der Waals surface area contributed by atoms with E-state index >= 15 is 0 Å². The highest BCUT2D eigenvalue weighted by Crippen LogP contribution is 2.23. The molecule has 0 saturated heterocycles. The van der Waals surface area contributed by atoms with Gasteiger partial charge in [0.25, 0.3) is 5.91 Å². The van der Waals surface area contributed by atoms with E-state index in [1.807, 2.05) is 0 Å². The van der Waals surface area contributed by atoms with Crippen LogP contribution in [0.3, 0.4) is 0 Å². The Bertz CT molecular complexity index is 671. The molecular weight excluding hydrogens is 403 g/mol. The summed E-state index contributed by atoms with van der Waals surface area (Å²) in [5, 5.41) is 2.13. The minimum absolute atomic E-state index is 0.204. The van der Waals surface area contributed by atoms with Gasteiger partial charge >= 0.3 is 0 Å². The molecule has 1 amide bonds. The van der Waals surface area contributed by atoms with E-state index < -0.39 is 29.0 Å². The Kier molecular flexibility index (Phi) is 4.49. The van der Waals surface area contributed by atoms with Crippen LogP contribution in [0.4, 0.5) is 18.9 Å². The smallest absolute Gasteiger partial charge is 0.255 e. The minimum atomic E-state index is -1.37. The molecule has 0 aliphatic carbocycles. The molecule has 0 spiro atoms. The number of benzene rings is 2. The van der Waals surface area contributed by atoms with E-state index in [2.05, 4.69) is 37.2 Å². The quantitative estimate of drug-likeness (QED) is 0.705. The SMILES string of the molecule is O=C(Nc1cc(F)cc(F)c1F)c1cc(Br)cc(Br)c1. The van der Waals surface area contributed by atoms with E-state index in [9.17, 15) is 18.0 Å². The van der Waals surface area contributed by atoms with Crippen LogP contribution in [0.2, 0.25) is 0 Å². The molecule has 0 unspecified atom stereocenters. The zero-order valence-corrected chi connectivity index (χ0v) is 12.9. The van der Waals surface area contributed by atoms with Gasteiger partial charge < -0.3 is 5.32 Å². The van der Waals surface area contributed by atoms with Gasteiger partial charge in [0, 0.05) is 26.6 Å². The summed E-state index contributed by atoms with van der Waals surface area (Å²) in [6.07, 6.45) is 0. The Morgan fingerprint density at radius 1 is 0.950 bits per heavy atom. The van der Waals surface area contributed by atoms with Gasteiger partial charge in [0.1, 0.15) is 5.82 Å². The van der Waals surface area contributed by atoms with Crippen LogP contribution < -0.4 is 5.32 Å². The van der Waals surface area contributed by atoms with Crippen molar-refractivity contribution in [3.8, 4) is 0 Å². The highest BCUT2D eigenvalue weighted by molar-refractivity contribution is 9.11. The number of halogens is 5. The molecule has 1 N–H and O–H groups in total. The standard InChI is InChI=1S/C13H6Br2F3NO/c14-7-1-6(2-8(15)3-7)13(20)19-11-5-9(16)4-10(17)12(11)18/h1-5H,(H,19,20). The summed E-state index contributed by atoms with van der Waals surface area (Å²) in [4.78, 5) is 11.9. The molecule has 0 bridgehead atoms. The maximum Gasteiger partial charge on any atom is 0.255 e. The zero-order valence-electron chi connectivity index (χ0n) is 9.68. The lowest BCUT2D eigenvalue weighted by Crippen LogP contribution is -2.14. The maximum atomic E-state index is 13.4. The Morgan fingerprint density at radius 2 is 1.55 bits per heavy atom. The Balaban J connectivity index is 2.32. The van der Waals surface area contributed by atoms with Crippen LogP contribution in [0.15, 0.2) is 39.3 Å². The third-order valence-electron chi connectivity index (χ3n) is 2.37. The van der Waals surface area contributed by atoms with Crippen molar-refractivity contribution in [3.05, 3.63) is 62.3 Å². The molecule has 2 aromatic rings. The predicted octanol–water partition coefficient (Wildman–Crippen LogP) is 4.88. The highest BCUT2D eigenvalue weighted by Gasteiger charge is 2.15. The molecule has 7 heteroatoms. The van der Waals surface area contributed by atoms with Gasteiger partial charge in [-0.15, -0.1) is 0 Å². The van der Waals surface area contributed by atoms with Crippen LogP contribution in [-0.4, -0.2) is 5.91 Å². The van der Waals surface area contributed by atoms with E-state index in [1.165, 1.54) is 12.1 Å². The van der Waals surface area contributed by atoms with Gasteiger partial charge in [0.15, 0.2) is 11.6 Å². The summed E-state index contributed by atoms with van der Waals surface area (Å²) in [5.74, 6) is -4.34. The number of hydrogen-bond donors (Lipinski definition) is 1. The molecule has 0 atom stereocenters. The number of carbonyl (C=O) groups is 1. The van der Waals surface area contributed by atoms with Crippen molar-refractivity contribution in [1.29, 1.82) is 0 Å². The molecule has 2 aromatic carbocycles. The van der Waals surface area contributed by atoms with Crippen molar-refractivity contribution in [2.75, 3.05) is 5.32 Å². The number of anilines is 1. The summed E-state index contributed by atoms with van der Waals surface area (Å²) in [6, 6.07) is 5.81. The van der Waals surface area contributed by atoms with E-state index in [-0.39, 0.29) is 5.56 Å². The van der Waals surface area contributed by atoms with Gasteiger partial charge in [-0.3, -0.25) is 4.79 Å². The number of carbonyl (C=O) groups excluding carboxylic acids is 1. The van der Waals surface area contributed by atoms with E-state index in [0.29, 0.717) is 21.1 Å². The third-order valence-corrected chi connectivity index (χ3v) is 3.28. The predicted molar refractivity (Wildman–Crippen MR) is 76.1 cm³/mol. The second-order valence-electron chi connectivity index (χ2n) is 3.86. The average Bonchev–Trinajstić information content (AvgIpc) is 2.34. The largest absolute Gasteiger partial charge is 0.319 e. The number of hydrogen-bond acceptors (Lipinski definition) is 1. The first-order valence-corrected chi connectivity index (χ1v) is 6.87. The van der Waals surface area contributed by atoms with Crippen LogP contribution in [0.5, 0.6) is 0 Å². The molecule has 0 aromatic heterocycles. The molecule has 0 aliphatic heterocycles. The average molecular weight is 409 g/mol. The fraction of sp³-hybridized carbons (Fsp3) is 0. The first kappa shape index (κ1) is 15.1. The van der Waals surface area contributed by atoms with Crippen molar-refractivity contribution in [3.63, 3.8) is 0 Å². The van der Waals surface area contributed by atoms with Gasteiger partial charge in [-0.1, -0.05) is 31.9 Å². The molecule has 0 fully saturated rings. The molecular formula is C13H6Br2F3NO. The molecule has 0 heterocycles. The van der Waals surface area contributed by atoms with Crippen LogP contribution in [0.1, 0.15) is 10.4 Å². The van der Waals surface area contributed by atoms with Gasteiger partial charge in [-0.2, -0.15) is 0 Å². The van der Waals surface area contributed by atoms with Gasteiger partial charge in [0.2, 0.25) is 0 Å². The van der Waals surface area contributed by atoms with Gasteiger partial charge in [-0.05, 0) is 18.2 Å². The third kappa shape index (κ3) is 3.40. The Morgan fingerprint density at radius 3 is 2.15 bits per heavy atom. The van der Waals surface area contributed by atoms with Crippen molar-refractivity contribution >= 4 is 43.5 Å². The van der Waals surface area contributed by atoms with Crippen LogP contribution in [0, 0.1) is 17.5 Å². The summed E-state index contributed by atoms with van der Waals surface area (Å²) >= 11 is 6.40. The van der Waals surface area contributed by atoms with Gasteiger partial charge in [0.05, 0.1) is 5.69 Å². The lowest BCUT2D eigenvalue weighted by molar-refractivity contribution is 0.102. The molecule has 2 rings (SSSR count). The maximum absolute atomic E-state index is 13.4. The molecule has 0 saturated carbocycles. The number of rotatable bonds is 2. The van der Waals surface area contributed by atoms with E-state index in [4.69, 9.17) is 0 Å². The normalized spacial score (nSPS) is 10.4. The van der Waals surface area contributed by atoms with Crippen molar-refractivity contribution < 1.29 is 18.0 Å². The second kappa shape index (κ2) is 5.97. The summed E-state index contributed by atoms with van der Waals surface area (Å²) in [6.45, 7) is 0. The van der Waals surface area contributed by atoms with Gasteiger partial charge in [-0.25, -0.2) is 13.2 Å². The topological polar surface area (TPSA) is 29.1 Å². The van der Waals surface area contributed by atoms with Crippen molar-refractivity contribution in [1.82, 2.24) is 0 Å². The molecule has 2 nitrogen and oxygen atoms in total. The molecule has 0 radical (unpaired) electrons. The molecule has 104 valence electrons. The zero-order chi connectivity index (χ0) is 14.9. The summed E-state index contributed by atoms with van der Waals surface area (Å²) < 4.78 is 40.8. The monoisotopic (exact) mass is 407 g/mol. The fourth-order valence-electron chi connectivity index (χ4n) is 1.53. The van der Waals surface area contributed by atoms with Crippen molar-refractivity contribution in [2.24, 2.45) is 0 Å². The van der Waals surface area contributed by atoms with E-state index in [1.54, 1.807) is 6.07 Å². The molecule has 0 aliphatic rings. The number of amides is 1. The highest BCUT2D eigenvalue weighted by atomic mass is 79.9. The summed E-state index contributed by atoms with van der Waals surface area (Å²) in [5.41, 5.74) is -0.348. The first-order valence-electron chi connectivity index (χ1n) is 5.29. The van der Waals surface area contributed by atoms with E-state index in [0.717, 1.165) is 0 Å². The number of nitrogens with one attached hydrogen (secondary N) is 1. The first-order chi connectivity index (χ1) is 9.36. The van der Waals surface area contributed by atoms with Crippen LogP contribution in [0.25, 0.3) is 0 Å². The Labute approximate surface area is 129 Å². The summed E-state index contributed by atoms with van der Waals surface area (Å²) in [7, 11) is 0. The van der Waals surface area contributed by atoms with Crippen LogP contribution >= 0.6 is 31.9 Å². The lowest BCUT2D eigenvalue weighted by Gasteiger charge is -2.08. The minimum Gasteiger partial charge on any atom is -0.319 e. The van der Waals surface area contributed by atoms with Crippen LogP contribution in [-0.2, 0) is 0 Å². The fourth-order valence-corrected chi connectivity index (χ4v) is 2.82. The Hall–Kier alpha value is -1.34. The molecule has 20 heavy (non-hydrogen) atoms. The lowest BCUT2D eigenvalue weighted by atomic mass is 10.2. The van der Waals surface area contributed by atoms with Crippen molar-refractivity contribution in [2.45, 2.75) is 0 Å². The second-order valence-corrected chi connectivity index (χ2v) is 5.69.